The molecule has 2 nitrogen and oxygen atoms in total. The highest BCUT2D eigenvalue weighted by molar-refractivity contribution is 5.39. The van der Waals surface area contributed by atoms with Crippen LogP contribution in [0.3, 0.4) is 0 Å². The first-order valence-electron chi connectivity index (χ1n) is 7.45. The molecule has 0 aliphatic rings. The van der Waals surface area contributed by atoms with Gasteiger partial charge in [0.05, 0.1) is 0 Å². The molecule has 0 atom stereocenters. The van der Waals surface area contributed by atoms with E-state index in [1.54, 1.807) is 0 Å². The molecule has 2 rings (SSSR count). The Bertz CT molecular complexity index is 608. The Kier molecular flexibility index (Phi) is 5.03. The molecule has 0 unspecified atom stereocenters. The highest BCUT2D eigenvalue weighted by Crippen LogP contribution is 2.23. The van der Waals surface area contributed by atoms with Gasteiger partial charge >= 0.3 is 0 Å². The van der Waals surface area contributed by atoms with Gasteiger partial charge in [0, 0.05) is 12.1 Å². The SMILES string of the molecule is CNCc1cc(C)ccc1OCc1c(C)cc(C)cc1C. The molecule has 21 heavy (non-hydrogen) atoms. The molecule has 2 heteroatoms. The van der Waals surface area contributed by atoms with Gasteiger partial charge in [0.1, 0.15) is 12.4 Å². The van der Waals surface area contributed by atoms with Crippen LogP contribution in [0, 0.1) is 27.7 Å². The summed E-state index contributed by atoms with van der Waals surface area (Å²) < 4.78 is 6.09. The average Bonchev–Trinajstić information content (AvgIpc) is 2.40. The van der Waals surface area contributed by atoms with E-state index in [-0.39, 0.29) is 0 Å². The lowest BCUT2D eigenvalue weighted by Crippen LogP contribution is -2.08. The highest BCUT2D eigenvalue weighted by Gasteiger charge is 2.08. The molecule has 0 saturated carbocycles. The summed E-state index contributed by atoms with van der Waals surface area (Å²) >= 11 is 0. The molecular formula is C19H25NO. The maximum Gasteiger partial charge on any atom is 0.124 e. The van der Waals surface area contributed by atoms with Gasteiger partial charge in [-0.3, -0.25) is 0 Å². The van der Waals surface area contributed by atoms with Gasteiger partial charge in [0.2, 0.25) is 0 Å². The van der Waals surface area contributed by atoms with Gasteiger partial charge in [-0.15, -0.1) is 0 Å². The summed E-state index contributed by atoms with van der Waals surface area (Å²) in [5.41, 5.74) is 7.66. The Morgan fingerprint density at radius 3 is 2.19 bits per heavy atom. The van der Waals surface area contributed by atoms with Crippen LogP contribution in [0.15, 0.2) is 30.3 Å². The molecule has 0 bridgehead atoms. The maximum absolute atomic E-state index is 6.09. The molecule has 0 radical (unpaired) electrons. The molecular weight excluding hydrogens is 258 g/mol. The van der Waals surface area contributed by atoms with Crippen molar-refractivity contribution in [3.63, 3.8) is 0 Å². The standard InChI is InChI=1S/C19H25NO/c1-13-6-7-19(17(10-13)11-20-5)21-12-18-15(3)8-14(2)9-16(18)4/h6-10,20H,11-12H2,1-5H3. The fourth-order valence-electron chi connectivity index (χ4n) is 2.77. The van der Waals surface area contributed by atoms with Crippen molar-refractivity contribution in [2.45, 2.75) is 40.8 Å². The number of hydrogen-bond donors (Lipinski definition) is 1. The Morgan fingerprint density at radius 1 is 0.905 bits per heavy atom. The number of ether oxygens (including phenoxy) is 1. The third kappa shape index (κ3) is 3.85. The third-order valence-electron chi connectivity index (χ3n) is 3.80. The number of nitrogens with one attached hydrogen (secondary N) is 1. The predicted octanol–water partition coefficient (Wildman–Crippen LogP) is 4.22. The molecule has 0 heterocycles. The number of aryl methyl sites for hydroxylation is 4. The van der Waals surface area contributed by atoms with Crippen molar-refractivity contribution in [1.82, 2.24) is 5.32 Å². The lowest BCUT2D eigenvalue weighted by molar-refractivity contribution is 0.300. The predicted molar refractivity (Wildman–Crippen MR) is 88.9 cm³/mol. The normalized spacial score (nSPS) is 10.7. The van der Waals surface area contributed by atoms with E-state index in [0.29, 0.717) is 6.61 Å². The van der Waals surface area contributed by atoms with Crippen molar-refractivity contribution in [2.75, 3.05) is 7.05 Å². The Morgan fingerprint density at radius 2 is 1.57 bits per heavy atom. The Balaban J connectivity index is 2.20. The molecule has 112 valence electrons. The van der Waals surface area contributed by atoms with E-state index in [4.69, 9.17) is 4.74 Å². The Hall–Kier alpha value is -1.80. The first-order chi connectivity index (χ1) is 10.0. The molecule has 0 amide bonds. The topological polar surface area (TPSA) is 21.3 Å². The van der Waals surface area contributed by atoms with E-state index in [0.717, 1.165) is 12.3 Å². The van der Waals surface area contributed by atoms with Crippen molar-refractivity contribution in [3.8, 4) is 5.75 Å². The first kappa shape index (κ1) is 15.6. The van der Waals surface area contributed by atoms with Crippen LogP contribution in [0.25, 0.3) is 0 Å². The van der Waals surface area contributed by atoms with Crippen LogP contribution in [0.4, 0.5) is 0 Å². The molecule has 0 fully saturated rings. The second-order valence-electron chi connectivity index (χ2n) is 5.81. The molecule has 0 saturated heterocycles. The summed E-state index contributed by atoms with van der Waals surface area (Å²) in [7, 11) is 1.96. The second kappa shape index (κ2) is 6.77. The van der Waals surface area contributed by atoms with Gasteiger partial charge in [-0.05, 0) is 57.5 Å². The summed E-state index contributed by atoms with van der Waals surface area (Å²) in [6.45, 7) is 10.00. The lowest BCUT2D eigenvalue weighted by Gasteiger charge is -2.15. The molecule has 0 aromatic heterocycles. The quantitative estimate of drug-likeness (QED) is 0.887. The lowest BCUT2D eigenvalue weighted by atomic mass is 10.0. The maximum atomic E-state index is 6.09. The first-order valence-corrected chi connectivity index (χ1v) is 7.45. The highest BCUT2D eigenvalue weighted by atomic mass is 16.5. The summed E-state index contributed by atoms with van der Waals surface area (Å²) in [5, 5.41) is 3.20. The zero-order chi connectivity index (χ0) is 15.4. The van der Waals surface area contributed by atoms with Crippen LogP contribution in [0.5, 0.6) is 5.75 Å². The second-order valence-corrected chi connectivity index (χ2v) is 5.81. The molecule has 0 aliphatic carbocycles. The molecule has 2 aromatic rings. The van der Waals surface area contributed by atoms with E-state index in [9.17, 15) is 0 Å². The van der Waals surface area contributed by atoms with Gasteiger partial charge in [-0.1, -0.05) is 35.4 Å². The minimum atomic E-state index is 0.623. The number of rotatable bonds is 5. The van der Waals surface area contributed by atoms with Crippen molar-refractivity contribution >= 4 is 0 Å². The number of benzene rings is 2. The van der Waals surface area contributed by atoms with Crippen LogP contribution in [-0.2, 0) is 13.2 Å². The van der Waals surface area contributed by atoms with Crippen LogP contribution < -0.4 is 10.1 Å². The van der Waals surface area contributed by atoms with Crippen LogP contribution in [0.1, 0.15) is 33.4 Å². The number of hydrogen-bond acceptors (Lipinski definition) is 2. The van der Waals surface area contributed by atoms with Crippen LogP contribution in [0.2, 0.25) is 0 Å². The smallest absolute Gasteiger partial charge is 0.124 e. The van der Waals surface area contributed by atoms with Crippen molar-refractivity contribution in [2.24, 2.45) is 0 Å². The zero-order valence-electron chi connectivity index (χ0n) is 13.7. The van der Waals surface area contributed by atoms with Gasteiger partial charge in [0.15, 0.2) is 0 Å². The molecule has 0 aliphatic heterocycles. The van der Waals surface area contributed by atoms with Crippen LogP contribution >= 0.6 is 0 Å². The largest absolute Gasteiger partial charge is 0.489 e. The summed E-state index contributed by atoms with van der Waals surface area (Å²) in [6, 6.07) is 10.8. The summed E-state index contributed by atoms with van der Waals surface area (Å²) in [6.07, 6.45) is 0. The fourth-order valence-corrected chi connectivity index (χ4v) is 2.77. The van der Waals surface area contributed by atoms with Gasteiger partial charge < -0.3 is 10.1 Å². The monoisotopic (exact) mass is 283 g/mol. The van der Waals surface area contributed by atoms with E-state index in [1.165, 1.54) is 33.4 Å². The molecule has 0 spiro atoms. The van der Waals surface area contributed by atoms with E-state index >= 15 is 0 Å². The van der Waals surface area contributed by atoms with E-state index < -0.39 is 0 Å². The molecule has 2 aromatic carbocycles. The van der Waals surface area contributed by atoms with Crippen molar-refractivity contribution in [3.05, 3.63) is 63.7 Å². The minimum Gasteiger partial charge on any atom is -0.489 e. The van der Waals surface area contributed by atoms with Crippen LogP contribution in [-0.4, -0.2) is 7.05 Å². The van der Waals surface area contributed by atoms with E-state index in [1.807, 2.05) is 7.05 Å². The summed E-state index contributed by atoms with van der Waals surface area (Å²) in [5.74, 6) is 0.967. The zero-order valence-corrected chi connectivity index (χ0v) is 13.7. The summed E-state index contributed by atoms with van der Waals surface area (Å²) in [4.78, 5) is 0. The fraction of sp³-hybridized carbons (Fsp3) is 0.368. The average molecular weight is 283 g/mol. The third-order valence-corrected chi connectivity index (χ3v) is 3.80. The Labute approximate surface area is 128 Å². The van der Waals surface area contributed by atoms with Gasteiger partial charge in [-0.25, -0.2) is 0 Å². The van der Waals surface area contributed by atoms with Crippen molar-refractivity contribution in [1.29, 1.82) is 0 Å². The van der Waals surface area contributed by atoms with Gasteiger partial charge in [0.25, 0.3) is 0 Å². The van der Waals surface area contributed by atoms with Crippen molar-refractivity contribution < 1.29 is 4.74 Å². The minimum absolute atomic E-state index is 0.623. The van der Waals surface area contributed by atoms with E-state index in [2.05, 4.69) is 63.3 Å². The molecule has 1 N–H and O–H groups in total. The van der Waals surface area contributed by atoms with Gasteiger partial charge in [-0.2, -0.15) is 0 Å².